The van der Waals surface area contributed by atoms with E-state index < -0.39 is 21.5 Å². The van der Waals surface area contributed by atoms with Gasteiger partial charge < -0.3 is 10.5 Å². The number of halogens is 2. The maximum absolute atomic E-state index is 11.6. The van der Waals surface area contributed by atoms with Gasteiger partial charge >= 0.3 is 6.09 Å². The van der Waals surface area contributed by atoms with E-state index >= 15 is 0 Å². The summed E-state index contributed by atoms with van der Waals surface area (Å²) in [4.78, 5) is 31.9. The van der Waals surface area contributed by atoms with Gasteiger partial charge in [0.2, 0.25) is 0 Å². The fourth-order valence-corrected chi connectivity index (χ4v) is 2.85. The van der Waals surface area contributed by atoms with Gasteiger partial charge in [-0.1, -0.05) is 31.9 Å². The molecule has 0 heterocycles. The van der Waals surface area contributed by atoms with Gasteiger partial charge in [-0.3, -0.25) is 25.5 Å². The molecule has 0 aliphatic carbocycles. The molecule has 0 radical (unpaired) electrons. The largest absolute Gasteiger partial charge is 0.444 e. The summed E-state index contributed by atoms with van der Waals surface area (Å²) in [6.45, 7) is 8.74. The zero-order valence-electron chi connectivity index (χ0n) is 17.5. The number of carbonyl (C=O) groups is 1. The van der Waals surface area contributed by atoms with Gasteiger partial charge in [0.25, 0.3) is 11.4 Å². The van der Waals surface area contributed by atoms with Crippen molar-refractivity contribution in [2.45, 2.75) is 40.2 Å². The number of rotatable bonds is 3. The van der Waals surface area contributed by atoms with Gasteiger partial charge in [-0.15, -0.1) is 0 Å². The van der Waals surface area contributed by atoms with Crippen molar-refractivity contribution >= 4 is 60.7 Å². The molecule has 0 aliphatic heterocycles. The first-order valence-electron chi connectivity index (χ1n) is 8.77. The highest BCUT2D eigenvalue weighted by Crippen LogP contribution is 2.31. The van der Waals surface area contributed by atoms with Crippen LogP contribution < -0.4 is 11.1 Å². The Balaban J connectivity index is 0.000000343. The average Bonchev–Trinajstić information content (AvgIpc) is 2.59. The third-order valence-corrected chi connectivity index (χ3v) is 5.32. The number of nitrogen functional groups attached to an aromatic ring is 1. The molecule has 1 amide bonds. The molecule has 0 saturated heterocycles. The monoisotopic (exact) mass is 560 g/mol. The van der Waals surface area contributed by atoms with Crippen LogP contribution in [0.2, 0.25) is 0 Å². The number of nitrogens with one attached hydrogen (secondary N) is 1. The molecule has 31 heavy (non-hydrogen) atoms. The predicted molar refractivity (Wildman–Crippen MR) is 125 cm³/mol. The molecule has 12 heteroatoms. The van der Waals surface area contributed by atoms with Crippen LogP contribution in [0, 0.1) is 34.1 Å². The number of benzene rings is 2. The molecule has 0 atom stereocenters. The molecule has 0 unspecified atom stereocenters. The molecule has 2 aromatic rings. The molecule has 0 bridgehead atoms. The second-order valence-corrected chi connectivity index (χ2v) is 9.13. The van der Waals surface area contributed by atoms with Crippen molar-refractivity contribution in [3.05, 3.63) is 64.6 Å². The molecule has 0 aliphatic rings. The maximum atomic E-state index is 11.6. The van der Waals surface area contributed by atoms with E-state index in [4.69, 9.17) is 10.5 Å². The van der Waals surface area contributed by atoms with Crippen molar-refractivity contribution in [2.75, 3.05) is 11.1 Å². The number of carbonyl (C=O) groups excluding carboxylic acids is 1. The van der Waals surface area contributed by atoms with Crippen molar-refractivity contribution in [1.29, 1.82) is 0 Å². The molecule has 10 nitrogen and oxygen atoms in total. The number of nitro benzene ring substituents is 2. The quantitative estimate of drug-likeness (QED) is 0.255. The normalized spacial score (nSPS) is 10.5. The summed E-state index contributed by atoms with van der Waals surface area (Å²) in [6.07, 6.45) is -0.725. The van der Waals surface area contributed by atoms with Gasteiger partial charge in [0.1, 0.15) is 17.0 Å². The van der Waals surface area contributed by atoms with Crippen LogP contribution in [0.5, 0.6) is 0 Å². The fourth-order valence-electron chi connectivity index (χ4n) is 2.19. The highest BCUT2D eigenvalue weighted by molar-refractivity contribution is 9.10. The molecule has 2 aromatic carbocycles. The highest BCUT2D eigenvalue weighted by Gasteiger charge is 2.21. The molecule has 0 aromatic heterocycles. The Hall–Kier alpha value is -2.73. The summed E-state index contributed by atoms with van der Waals surface area (Å²) in [5, 5.41) is 23.7. The summed E-state index contributed by atoms with van der Waals surface area (Å²) < 4.78 is 6.37. The topological polar surface area (TPSA) is 151 Å². The van der Waals surface area contributed by atoms with Crippen molar-refractivity contribution in [2.24, 2.45) is 0 Å². The summed E-state index contributed by atoms with van der Waals surface area (Å²) in [6, 6.07) is 5.85. The number of ether oxygens (including phenoxy) is 1. The lowest BCUT2D eigenvalue weighted by atomic mass is 10.2. The number of amides is 1. The molecular weight excluding hydrogens is 540 g/mol. The average molecular weight is 562 g/mol. The standard InChI is InChI=1S/C12H15BrN2O4.C7H7BrN2O2/c1-7-5-9(10(15(17)18)6-8(7)13)14-11(16)19-12(2,3)4;1-4-2-6(9)7(10(11)12)3-5(4)8/h5-6H,1-4H3,(H,14,16);2-3H,9H2,1H3. The minimum Gasteiger partial charge on any atom is -0.444 e. The van der Waals surface area contributed by atoms with Crippen molar-refractivity contribution in [3.8, 4) is 0 Å². The van der Waals surface area contributed by atoms with Crippen LogP contribution in [0.4, 0.5) is 27.5 Å². The molecule has 0 saturated carbocycles. The highest BCUT2D eigenvalue weighted by atomic mass is 79.9. The number of nitro groups is 2. The smallest absolute Gasteiger partial charge is 0.412 e. The molecule has 168 valence electrons. The van der Waals surface area contributed by atoms with E-state index in [0.717, 1.165) is 11.1 Å². The Bertz CT molecular complexity index is 1020. The minimum atomic E-state index is -0.725. The van der Waals surface area contributed by atoms with E-state index in [9.17, 15) is 25.0 Å². The lowest BCUT2D eigenvalue weighted by Crippen LogP contribution is -2.27. The number of nitrogens with zero attached hydrogens (tertiary/aromatic N) is 2. The summed E-state index contributed by atoms with van der Waals surface area (Å²) >= 11 is 6.40. The number of nitrogens with two attached hydrogens (primary N) is 1. The van der Waals surface area contributed by atoms with Crippen molar-refractivity contribution in [1.82, 2.24) is 0 Å². The van der Waals surface area contributed by atoms with Gasteiger partial charge in [-0.05, 0) is 57.9 Å². The van der Waals surface area contributed by atoms with Crippen LogP contribution in [0.25, 0.3) is 0 Å². The van der Waals surface area contributed by atoms with E-state index in [1.165, 1.54) is 18.2 Å². The molecule has 0 spiro atoms. The van der Waals surface area contributed by atoms with Crippen LogP contribution >= 0.6 is 31.9 Å². The third kappa shape index (κ3) is 8.13. The van der Waals surface area contributed by atoms with Crippen LogP contribution in [0.15, 0.2) is 33.2 Å². The van der Waals surface area contributed by atoms with E-state index in [1.807, 2.05) is 6.92 Å². The van der Waals surface area contributed by atoms with Gasteiger partial charge in [-0.25, -0.2) is 4.79 Å². The fraction of sp³-hybridized carbons (Fsp3) is 0.316. The number of hydrogen-bond acceptors (Lipinski definition) is 7. The summed E-state index contributed by atoms with van der Waals surface area (Å²) in [7, 11) is 0. The second kappa shape index (κ2) is 10.5. The summed E-state index contributed by atoms with van der Waals surface area (Å²) in [5.41, 5.74) is 6.48. The molecule has 0 fully saturated rings. The Kier molecular flexibility index (Phi) is 8.94. The Morgan fingerprint density at radius 2 is 1.42 bits per heavy atom. The number of hydrogen-bond donors (Lipinski definition) is 2. The van der Waals surface area contributed by atoms with E-state index in [0.29, 0.717) is 8.95 Å². The van der Waals surface area contributed by atoms with Crippen molar-refractivity contribution in [3.63, 3.8) is 0 Å². The van der Waals surface area contributed by atoms with Gasteiger partial charge in [0, 0.05) is 21.1 Å². The minimum absolute atomic E-state index is 0.0625. The second-order valence-electron chi connectivity index (χ2n) is 7.42. The maximum Gasteiger partial charge on any atom is 0.412 e. The first kappa shape index (κ1) is 26.3. The van der Waals surface area contributed by atoms with Crippen molar-refractivity contribution < 1.29 is 19.4 Å². The lowest BCUT2D eigenvalue weighted by Gasteiger charge is -2.19. The Morgan fingerprint density at radius 1 is 0.968 bits per heavy atom. The number of anilines is 2. The molecule has 3 N–H and O–H groups in total. The Labute approximate surface area is 195 Å². The zero-order chi connectivity index (χ0) is 24.1. The Morgan fingerprint density at radius 3 is 1.87 bits per heavy atom. The van der Waals surface area contributed by atoms with Gasteiger partial charge in [-0.2, -0.15) is 0 Å². The SMILES string of the molecule is Cc1cc(N)c([N+](=O)[O-])cc1Br.Cc1cc(NC(=O)OC(C)(C)C)c([N+](=O)[O-])cc1Br. The summed E-state index contributed by atoms with van der Waals surface area (Å²) in [5.74, 6) is 0. The lowest BCUT2D eigenvalue weighted by molar-refractivity contribution is -0.384. The molecule has 2 rings (SSSR count). The van der Waals surface area contributed by atoms with Gasteiger partial charge in [0.05, 0.1) is 9.85 Å². The third-order valence-electron chi connectivity index (χ3n) is 3.61. The first-order valence-corrected chi connectivity index (χ1v) is 10.4. The van der Waals surface area contributed by atoms with E-state index in [-0.39, 0.29) is 22.7 Å². The van der Waals surface area contributed by atoms with Crippen LogP contribution in [0.3, 0.4) is 0 Å². The van der Waals surface area contributed by atoms with E-state index in [1.54, 1.807) is 33.8 Å². The molecular formula is C19H22Br2N4O6. The number of aryl methyl sites for hydroxylation is 2. The zero-order valence-corrected chi connectivity index (χ0v) is 20.7. The van der Waals surface area contributed by atoms with Crippen LogP contribution in [-0.4, -0.2) is 21.5 Å². The van der Waals surface area contributed by atoms with E-state index in [2.05, 4.69) is 37.2 Å². The van der Waals surface area contributed by atoms with Crippen LogP contribution in [0.1, 0.15) is 31.9 Å². The van der Waals surface area contributed by atoms with Crippen LogP contribution in [-0.2, 0) is 4.74 Å². The first-order chi connectivity index (χ1) is 14.1. The predicted octanol–water partition coefficient (Wildman–Crippen LogP) is 6.26. The van der Waals surface area contributed by atoms with Gasteiger partial charge in [0.15, 0.2) is 0 Å².